The van der Waals surface area contributed by atoms with Crippen molar-refractivity contribution in [2.24, 2.45) is 0 Å². The Balaban J connectivity index is 1.44. The summed E-state index contributed by atoms with van der Waals surface area (Å²) >= 11 is 0. The second kappa shape index (κ2) is 10.7. The van der Waals surface area contributed by atoms with E-state index in [1.165, 1.54) is 9.21 Å². The minimum atomic E-state index is -3.69. The van der Waals surface area contributed by atoms with Gasteiger partial charge in [-0.05, 0) is 81.5 Å². The Labute approximate surface area is 218 Å². The third-order valence-corrected chi connectivity index (χ3v) is 9.20. The van der Waals surface area contributed by atoms with Gasteiger partial charge in [0.2, 0.25) is 21.8 Å². The van der Waals surface area contributed by atoms with Gasteiger partial charge in [0.15, 0.2) is 0 Å². The average molecular weight is 527 g/mol. The van der Waals surface area contributed by atoms with Gasteiger partial charge in [0, 0.05) is 25.3 Å². The van der Waals surface area contributed by atoms with Crippen molar-refractivity contribution < 1.29 is 22.7 Å². The van der Waals surface area contributed by atoms with E-state index in [1.807, 2.05) is 6.92 Å². The van der Waals surface area contributed by atoms with E-state index in [-0.39, 0.29) is 29.3 Å². The summed E-state index contributed by atoms with van der Waals surface area (Å²) in [5.74, 6) is 0.194. The van der Waals surface area contributed by atoms with Crippen molar-refractivity contribution in [1.29, 1.82) is 0 Å². The van der Waals surface area contributed by atoms with E-state index in [4.69, 9.17) is 4.74 Å². The first-order valence-electron chi connectivity index (χ1n) is 13.1. The number of benzene rings is 2. The Kier molecular flexibility index (Phi) is 7.39. The topological polar surface area (TPSA) is 99.3 Å². The molecule has 9 nitrogen and oxygen atoms in total. The molecule has 2 aromatic rings. The van der Waals surface area contributed by atoms with Crippen LogP contribution in [0.1, 0.15) is 45.4 Å². The highest BCUT2D eigenvalue weighted by Gasteiger charge is 2.41. The molecule has 37 heavy (non-hydrogen) atoms. The minimum Gasteiger partial charge on any atom is -0.494 e. The quantitative estimate of drug-likeness (QED) is 0.592. The summed E-state index contributed by atoms with van der Waals surface area (Å²) in [7, 11) is -3.69. The molecule has 0 aliphatic carbocycles. The first-order chi connectivity index (χ1) is 17.9. The van der Waals surface area contributed by atoms with E-state index in [1.54, 1.807) is 42.5 Å². The highest BCUT2D eigenvalue weighted by Crippen LogP contribution is 2.41. The second-order valence-electron chi connectivity index (χ2n) is 9.75. The molecule has 3 aliphatic heterocycles. The van der Waals surface area contributed by atoms with Crippen molar-refractivity contribution in [1.82, 2.24) is 4.31 Å². The molecule has 0 bridgehead atoms. The molecule has 2 fully saturated rings. The SMILES string of the molecule is CCOc1ccc(NC(=O)CN2C(=O)C3CCCCN3c3ccc(S(=O)(=O)N4CCCCC4)cc32)cc1. The second-order valence-corrected chi connectivity index (χ2v) is 11.7. The highest BCUT2D eigenvalue weighted by atomic mass is 32.2. The summed E-state index contributed by atoms with van der Waals surface area (Å²) in [5, 5.41) is 2.85. The first kappa shape index (κ1) is 25.5. The summed E-state index contributed by atoms with van der Waals surface area (Å²) in [4.78, 5) is 30.4. The van der Waals surface area contributed by atoms with Crippen LogP contribution in [0.15, 0.2) is 47.4 Å². The number of fused-ring (bicyclic) bond motifs is 3. The van der Waals surface area contributed by atoms with Crippen LogP contribution in [0.4, 0.5) is 17.1 Å². The average Bonchev–Trinajstić information content (AvgIpc) is 2.92. The van der Waals surface area contributed by atoms with Crippen LogP contribution in [-0.4, -0.2) is 63.4 Å². The van der Waals surface area contributed by atoms with Gasteiger partial charge in [-0.2, -0.15) is 4.31 Å². The molecule has 1 atom stereocenters. The Morgan fingerprint density at radius 3 is 2.43 bits per heavy atom. The summed E-state index contributed by atoms with van der Waals surface area (Å²) in [6.45, 7) is 3.99. The summed E-state index contributed by atoms with van der Waals surface area (Å²) in [5.41, 5.74) is 1.87. The maximum absolute atomic E-state index is 13.6. The van der Waals surface area contributed by atoms with E-state index < -0.39 is 10.0 Å². The molecular formula is C27H34N4O5S. The van der Waals surface area contributed by atoms with Gasteiger partial charge in [0.1, 0.15) is 18.3 Å². The highest BCUT2D eigenvalue weighted by molar-refractivity contribution is 7.89. The van der Waals surface area contributed by atoms with Crippen LogP contribution in [0, 0.1) is 0 Å². The minimum absolute atomic E-state index is 0.160. The molecule has 0 radical (unpaired) electrons. The van der Waals surface area contributed by atoms with Crippen molar-refractivity contribution in [3.8, 4) is 5.75 Å². The molecule has 2 saturated heterocycles. The van der Waals surface area contributed by atoms with Crippen molar-refractivity contribution >= 4 is 38.9 Å². The lowest BCUT2D eigenvalue weighted by atomic mass is 9.96. The maximum Gasteiger partial charge on any atom is 0.250 e. The van der Waals surface area contributed by atoms with E-state index in [9.17, 15) is 18.0 Å². The van der Waals surface area contributed by atoms with Gasteiger partial charge in [-0.25, -0.2) is 8.42 Å². The van der Waals surface area contributed by atoms with Gasteiger partial charge in [0.05, 0.1) is 22.9 Å². The fraction of sp³-hybridized carbons (Fsp3) is 0.481. The molecule has 1 N–H and O–H groups in total. The van der Waals surface area contributed by atoms with Gasteiger partial charge in [-0.15, -0.1) is 0 Å². The largest absolute Gasteiger partial charge is 0.494 e. The van der Waals surface area contributed by atoms with Crippen LogP contribution >= 0.6 is 0 Å². The van der Waals surface area contributed by atoms with E-state index in [0.29, 0.717) is 43.2 Å². The van der Waals surface area contributed by atoms with Crippen LogP contribution in [0.3, 0.4) is 0 Å². The van der Waals surface area contributed by atoms with Crippen LogP contribution < -0.4 is 19.9 Å². The number of carbonyl (C=O) groups is 2. The zero-order chi connectivity index (χ0) is 26.0. The fourth-order valence-electron chi connectivity index (χ4n) is 5.46. The molecule has 198 valence electrons. The number of nitrogens with one attached hydrogen (secondary N) is 1. The van der Waals surface area contributed by atoms with Crippen molar-refractivity contribution in [2.75, 3.05) is 47.9 Å². The standard InChI is InChI=1S/C27H34N4O5S/c1-2-36-21-11-9-20(10-12-21)28-26(32)19-31-25-18-22(37(34,35)29-15-5-3-6-16-29)13-14-23(25)30-17-7-4-8-24(30)27(31)33/h9-14,18,24H,2-8,15-17,19H2,1H3,(H,28,32). The number of piperidine rings is 2. The smallest absolute Gasteiger partial charge is 0.250 e. The first-order valence-corrected chi connectivity index (χ1v) is 14.6. The van der Waals surface area contributed by atoms with E-state index in [0.717, 1.165) is 44.3 Å². The lowest BCUT2D eigenvalue weighted by Crippen LogP contribution is -2.56. The third kappa shape index (κ3) is 5.17. The van der Waals surface area contributed by atoms with Crippen LogP contribution in [0.5, 0.6) is 5.75 Å². The number of anilines is 3. The monoisotopic (exact) mass is 526 g/mol. The lowest BCUT2D eigenvalue weighted by Gasteiger charge is -2.45. The van der Waals surface area contributed by atoms with Gasteiger partial charge < -0.3 is 15.0 Å². The Morgan fingerprint density at radius 2 is 1.70 bits per heavy atom. The van der Waals surface area contributed by atoms with Crippen LogP contribution in [0.2, 0.25) is 0 Å². The number of nitrogens with zero attached hydrogens (tertiary/aromatic N) is 3. The Morgan fingerprint density at radius 1 is 0.973 bits per heavy atom. The van der Waals surface area contributed by atoms with Gasteiger partial charge in [-0.1, -0.05) is 6.42 Å². The van der Waals surface area contributed by atoms with Crippen molar-refractivity contribution in [3.05, 3.63) is 42.5 Å². The maximum atomic E-state index is 13.6. The zero-order valence-electron chi connectivity index (χ0n) is 21.2. The zero-order valence-corrected chi connectivity index (χ0v) is 22.0. The normalized spacial score (nSPS) is 20.2. The Hall–Kier alpha value is -3.11. The molecule has 3 heterocycles. The predicted molar refractivity (Wildman–Crippen MR) is 143 cm³/mol. The summed E-state index contributed by atoms with van der Waals surface area (Å²) in [6, 6.07) is 11.7. The Bertz CT molecular complexity index is 1260. The molecule has 0 spiro atoms. The number of hydrogen-bond donors (Lipinski definition) is 1. The fourth-order valence-corrected chi connectivity index (χ4v) is 7.00. The molecule has 5 rings (SSSR count). The van der Waals surface area contributed by atoms with E-state index >= 15 is 0 Å². The van der Waals surface area contributed by atoms with Crippen molar-refractivity contribution in [2.45, 2.75) is 56.4 Å². The van der Waals surface area contributed by atoms with Gasteiger partial charge >= 0.3 is 0 Å². The molecule has 10 heteroatoms. The predicted octanol–water partition coefficient (Wildman–Crippen LogP) is 3.60. The number of ether oxygens (including phenoxy) is 1. The molecule has 1 unspecified atom stereocenters. The van der Waals surface area contributed by atoms with Crippen LogP contribution in [-0.2, 0) is 19.6 Å². The van der Waals surface area contributed by atoms with Crippen molar-refractivity contribution in [3.63, 3.8) is 0 Å². The summed E-state index contributed by atoms with van der Waals surface area (Å²) in [6.07, 6.45) is 5.33. The van der Waals surface area contributed by atoms with Crippen LogP contribution in [0.25, 0.3) is 0 Å². The molecule has 0 aromatic heterocycles. The number of carbonyl (C=O) groups excluding carboxylic acids is 2. The number of sulfonamides is 1. The van der Waals surface area contributed by atoms with Gasteiger partial charge in [-0.3, -0.25) is 14.5 Å². The summed E-state index contributed by atoms with van der Waals surface area (Å²) < 4.78 is 33.8. The third-order valence-electron chi connectivity index (χ3n) is 7.30. The number of rotatable bonds is 7. The lowest BCUT2D eigenvalue weighted by molar-refractivity contribution is -0.123. The molecule has 2 aromatic carbocycles. The number of amides is 2. The number of hydrogen-bond acceptors (Lipinski definition) is 6. The molecule has 0 saturated carbocycles. The molecular weight excluding hydrogens is 492 g/mol. The molecule has 2 amide bonds. The van der Waals surface area contributed by atoms with E-state index in [2.05, 4.69) is 10.2 Å². The molecule has 3 aliphatic rings. The van der Waals surface area contributed by atoms with Gasteiger partial charge in [0.25, 0.3) is 0 Å².